The summed E-state index contributed by atoms with van der Waals surface area (Å²) in [6, 6.07) is 0. The smallest absolute Gasteiger partial charge is 0.208 e. The Kier molecular flexibility index (Phi) is 1.43. The normalized spacial score (nSPS) is 37.1. The van der Waals surface area contributed by atoms with Crippen molar-refractivity contribution in [2.24, 2.45) is 11.8 Å². The summed E-state index contributed by atoms with van der Waals surface area (Å²) in [6.07, 6.45) is 6.94. The third-order valence-electron chi connectivity index (χ3n) is 3.67. The van der Waals surface area contributed by atoms with E-state index >= 15 is 0 Å². The molecule has 3 unspecified atom stereocenters. The van der Waals surface area contributed by atoms with Crippen LogP contribution >= 0.6 is 0 Å². The molecule has 3 rings (SSSR count). The van der Waals surface area contributed by atoms with Crippen molar-refractivity contribution in [2.45, 2.75) is 31.6 Å². The second-order valence-corrected chi connectivity index (χ2v) is 4.44. The highest BCUT2D eigenvalue weighted by Gasteiger charge is 2.41. The van der Waals surface area contributed by atoms with Gasteiger partial charge in [-0.15, -0.1) is 0 Å². The summed E-state index contributed by atoms with van der Waals surface area (Å²) >= 11 is 0. The van der Waals surface area contributed by atoms with Gasteiger partial charge in [0.05, 0.1) is 6.20 Å². The van der Waals surface area contributed by atoms with Crippen LogP contribution in [0, 0.1) is 11.8 Å². The standard InChI is InChI=1S/C10H14N2O/c13-9-5-11-10(12-9)8-4-6-1-2-7(8)3-6/h5-8,13H,1-4H2,(H,11,12). The molecule has 0 spiro atoms. The SMILES string of the molecule is Oc1cnc(C2CC3CCC2C3)[nH]1. The predicted molar refractivity (Wildman–Crippen MR) is 48.4 cm³/mol. The minimum Gasteiger partial charge on any atom is -0.493 e. The van der Waals surface area contributed by atoms with Crippen molar-refractivity contribution in [3.63, 3.8) is 0 Å². The van der Waals surface area contributed by atoms with Gasteiger partial charge in [-0.05, 0) is 31.1 Å². The molecule has 2 saturated carbocycles. The van der Waals surface area contributed by atoms with Crippen molar-refractivity contribution in [2.75, 3.05) is 0 Å². The van der Waals surface area contributed by atoms with Gasteiger partial charge in [0.2, 0.25) is 5.88 Å². The van der Waals surface area contributed by atoms with Crippen LogP contribution in [0.25, 0.3) is 0 Å². The predicted octanol–water partition coefficient (Wildman–Crippen LogP) is 2.02. The monoisotopic (exact) mass is 178 g/mol. The lowest BCUT2D eigenvalue weighted by atomic mass is 9.88. The van der Waals surface area contributed by atoms with E-state index in [4.69, 9.17) is 5.11 Å². The number of nitrogens with one attached hydrogen (secondary N) is 1. The number of aromatic hydroxyl groups is 1. The third-order valence-corrected chi connectivity index (χ3v) is 3.67. The van der Waals surface area contributed by atoms with Crippen LogP contribution in [-0.2, 0) is 0 Å². The van der Waals surface area contributed by atoms with Gasteiger partial charge < -0.3 is 10.1 Å². The Morgan fingerprint density at radius 2 is 2.31 bits per heavy atom. The van der Waals surface area contributed by atoms with E-state index in [2.05, 4.69) is 9.97 Å². The number of nitrogens with zero attached hydrogens (tertiary/aromatic N) is 1. The Morgan fingerprint density at radius 1 is 1.38 bits per heavy atom. The third kappa shape index (κ3) is 1.06. The molecule has 2 fully saturated rings. The Hall–Kier alpha value is -0.990. The van der Waals surface area contributed by atoms with Crippen molar-refractivity contribution in [1.29, 1.82) is 0 Å². The van der Waals surface area contributed by atoms with E-state index in [1.54, 1.807) is 0 Å². The number of rotatable bonds is 1. The first-order valence-corrected chi connectivity index (χ1v) is 5.07. The zero-order chi connectivity index (χ0) is 8.84. The quantitative estimate of drug-likeness (QED) is 0.691. The fraction of sp³-hybridized carbons (Fsp3) is 0.700. The maximum absolute atomic E-state index is 9.17. The molecule has 3 atom stereocenters. The van der Waals surface area contributed by atoms with Gasteiger partial charge in [0.15, 0.2) is 0 Å². The first-order chi connectivity index (χ1) is 6.33. The number of aromatic nitrogens is 2. The van der Waals surface area contributed by atoms with Gasteiger partial charge in [-0.2, -0.15) is 0 Å². The zero-order valence-corrected chi connectivity index (χ0v) is 7.53. The molecule has 3 heteroatoms. The zero-order valence-electron chi connectivity index (χ0n) is 7.53. The van der Waals surface area contributed by atoms with Gasteiger partial charge in [-0.25, -0.2) is 4.98 Å². The van der Waals surface area contributed by atoms with Crippen LogP contribution in [0.3, 0.4) is 0 Å². The summed E-state index contributed by atoms with van der Waals surface area (Å²) in [5, 5.41) is 9.17. The highest BCUT2D eigenvalue weighted by Crippen LogP contribution is 2.52. The molecule has 70 valence electrons. The Balaban J connectivity index is 1.87. The lowest BCUT2D eigenvalue weighted by Gasteiger charge is -2.18. The molecule has 2 bridgehead atoms. The molecule has 3 nitrogen and oxygen atoms in total. The van der Waals surface area contributed by atoms with Crippen LogP contribution < -0.4 is 0 Å². The molecular formula is C10H14N2O. The van der Waals surface area contributed by atoms with Crippen LogP contribution in [0.1, 0.15) is 37.4 Å². The molecule has 2 aliphatic rings. The summed E-state index contributed by atoms with van der Waals surface area (Å²) in [5.74, 6) is 3.57. The second kappa shape index (κ2) is 2.50. The number of fused-ring (bicyclic) bond motifs is 2. The lowest BCUT2D eigenvalue weighted by molar-refractivity contribution is 0.402. The van der Waals surface area contributed by atoms with Gasteiger partial charge in [-0.1, -0.05) is 6.42 Å². The summed E-state index contributed by atoms with van der Waals surface area (Å²) in [6.45, 7) is 0. The number of imidazole rings is 1. The Labute approximate surface area is 77.2 Å². The maximum atomic E-state index is 9.17. The van der Waals surface area contributed by atoms with E-state index in [-0.39, 0.29) is 5.88 Å². The number of hydrogen-bond acceptors (Lipinski definition) is 2. The molecule has 1 aromatic heterocycles. The summed E-state index contributed by atoms with van der Waals surface area (Å²) < 4.78 is 0. The first-order valence-electron chi connectivity index (χ1n) is 5.07. The summed E-state index contributed by atoms with van der Waals surface area (Å²) in [7, 11) is 0. The van der Waals surface area contributed by atoms with E-state index in [1.807, 2.05) is 0 Å². The fourth-order valence-corrected chi connectivity index (χ4v) is 3.09. The van der Waals surface area contributed by atoms with Gasteiger partial charge >= 0.3 is 0 Å². The highest BCUT2D eigenvalue weighted by molar-refractivity contribution is 5.13. The van der Waals surface area contributed by atoms with Gasteiger partial charge in [-0.3, -0.25) is 0 Å². The molecular weight excluding hydrogens is 164 g/mol. The van der Waals surface area contributed by atoms with Crippen LogP contribution in [-0.4, -0.2) is 15.1 Å². The van der Waals surface area contributed by atoms with Crippen molar-refractivity contribution in [3.05, 3.63) is 12.0 Å². The van der Waals surface area contributed by atoms with E-state index in [1.165, 1.54) is 31.9 Å². The molecule has 0 aromatic carbocycles. The van der Waals surface area contributed by atoms with Crippen molar-refractivity contribution < 1.29 is 5.11 Å². The van der Waals surface area contributed by atoms with Gasteiger partial charge in [0.25, 0.3) is 0 Å². The average Bonchev–Trinajstić information content (AvgIpc) is 2.77. The molecule has 0 saturated heterocycles. The largest absolute Gasteiger partial charge is 0.493 e. The van der Waals surface area contributed by atoms with E-state index in [0.717, 1.165) is 17.7 Å². The minimum absolute atomic E-state index is 0.206. The molecule has 2 N–H and O–H groups in total. The molecule has 13 heavy (non-hydrogen) atoms. The van der Waals surface area contributed by atoms with Crippen molar-refractivity contribution in [3.8, 4) is 5.88 Å². The average molecular weight is 178 g/mol. The number of H-pyrrole nitrogens is 1. The molecule has 1 aromatic rings. The maximum Gasteiger partial charge on any atom is 0.208 e. The summed E-state index contributed by atoms with van der Waals surface area (Å²) in [5.41, 5.74) is 0. The fourth-order valence-electron chi connectivity index (χ4n) is 3.09. The van der Waals surface area contributed by atoms with Crippen molar-refractivity contribution >= 4 is 0 Å². The Morgan fingerprint density at radius 3 is 2.85 bits per heavy atom. The van der Waals surface area contributed by atoms with Gasteiger partial charge in [0.1, 0.15) is 5.82 Å². The first kappa shape index (κ1) is 7.42. The minimum atomic E-state index is 0.206. The number of hydrogen-bond donors (Lipinski definition) is 2. The van der Waals surface area contributed by atoms with E-state index in [9.17, 15) is 0 Å². The topological polar surface area (TPSA) is 48.9 Å². The van der Waals surface area contributed by atoms with Crippen LogP contribution in [0.5, 0.6) is 5.88 Å². The van der Waals surface area contributed by atoms with Crippen molar-refractivity contribution in [1.82, 2.24) is 9.97 Å². The highest BCUT2D eigenvalue weighted by atomic mass is 16.3. The van der Waals surface area contributed by atoms with E-state index < -0.39 is 0 Å². The lowest BCUT2D eigenvalue weighted by Crippen LogP contribution is -2.09. The van der Waals surface area contributed by atoms with Gasteiger partial charge in [0, 0.05) is 5.92 Å². The second-order valence-electron chi connectivity index (χ2n) is 4.44. The molecule has 2 aliphatic carbocycles. The molecule has 0 radical (unpaired) electrons. The number of aromatic amines is 1. The molecule has 1 heterocycles. The molecule has 0 aliphatic heterocycles. The summed E-state index contributed by atoms with van der Waals surface area (Å²) in [4.78, 5) is 7.16. The molecule has 0 amide bonds. The van der Waals surface area contributed by atoms with Crippen LogP contribution in [0.2, 0.25) is 0 Å². The van der Waals surface area contributed by atoms with Crippen LogP contribution in [0.15, 0.2) is 6.20 Å². The Bertz CT molecular complexity index is 320. The van der Waals surface area contributed by atoms with E-state index in [0.29, 0.717) is 5.92 Å². The van der Waals surface area contributed by atoms with Crippen LogP contribution in [0.4, 0.5) is 0 Å².